The van der Waals surface area contributed by atoms with Crippen molar-refractivity contribution >= 4 is 76.5 Å². The lowest BCUT2D eigenvalue weighted by molar-refractivity contribution is -0.129. The molecule has 1 aromatic rings. The van der Waals surface area contributed by atoms with Gasteiger partial charge in [0.2, 0.25) is 0 Å². The van der Waals surface area contributed by atoms with Crippen LogP contribution in [0.5, 0.6) is 0 Å². The van der Waals surface area contributed by atoms with Gasteiger partial charge in [-0.05, 0) is 95.8 Å². The fourth-order valence-corrected chi connectivity index (χ4v) is 20.7. The number of aliphatic imine (C=N–C) groups is 1. The molecule has 2 saturated carbocycles. The lowest BCUT2D eigenvalue weighted by Crippen LogP contribution is -2.63. The van der Waals surface area contributed by atoms with E-state index >= 15 is 4.79 Å². The number of nitrogens with two attached hydrogens (primary N) is 1. The van der Waals surface area contributed by atoms with Gasteiger partial charge in [-0.25, -0.2) is 0 Å². The molecular weight excluding hydrogens is 783 g/mol. The number of nitrogens with one attached hydrogen (secondary N) is 1. The number of carbonyl (C=O) groups is 1. The van der Waals surface area contributed by atoms with Crippen LogP contribution in [0.2, 0.25) is 0 Å². The molecule has 11 atom stereocenters. The van der Waals surface area contributed by atoms with Crippen LogP contribution in [0.3, 0.4) is 0 Å². The van der Waals surface area contributed by atoms with Crippen molar-refractivity contribution in [1.82, 2.24) is 5.32 Å². The molecule has 2 fully saturated rings. The minimum Gasteiger partial charge on any atom is -0.396 e. The average molecular weight is 838 g/mol. The highest BCUT2D eigenvalue weighted by Gasteiger charge is 2.71. The quantitative estimate of drug-likeness (QED) is 0.189. The van der Waals surface area contributed by atoms with E-state index in [1.165, 1.54) is 5.57 Å². The molecule has 14 heteroatoms. The number of benzene rings is 1. The number of carbonyl (C=O) groups excluding carboxylic acids is 1. The second-order valence-electron chi connectivity index (χ2n) is 16.9. The molecule has 0 saturated heterocycles. The number of nitrogens with zero attached hydrogens (tertiary/aromatic N) is 1. The number of Topliss-reactive ketones (excluding diaryl/α,β-unsaturated/α-hetero) is 1. The van der Waals surface area contributed by atoms with Crippen LogP contribution >= 0.6 is 64.8 Å². The Morgan fingerprint density at radius 1 is 0.981 bits per heavy atom. The van der Waals surface area contributed by atoms with E-state index in [2.05, 4.69) is 24.4 Å². The molecule has 0 aromatic heterocycles. The summed E-state index contributed by atoms with van der Waals surface area (Å²) in [6.45, 7) is 3.36. The topological polar surface area (TPSA) is 148 Å². The average Bonchev–Trinajstić information content (AvgIpc) is 3.47. The van der Waals surface area contributed by atoms with Crippen molar-refractivity contribution in [3.63, 3.8) is 0 Å². The van der Waals surface area contributed by atoms with Crippen molar-refractivity contribution in [1.29, 1.82) is 0 Å². The first-order valence-corrected chi connectivity index (χ1v) is 26.7. The lowest BCUT2D eigenvalue weighted by atomic mass is 9.46. The van der Waals surface area contributed by atoms with Gasteiger partial charge in [-0.15, -0.1) is 0 Å². The van der Waals surface area contributed by atoms with Gasteiger partial charge in [-0.3, -0.25) is 9.79 Å². The van der Waals surface area contributed by atoms with Gasteiger partial charge < -0.3 is 31.5 Å². The Hall–Kier alpha value is -0.160. The smallest absolute Gasteiger partial charge is 0.189 e. The summed E-state index contributed by atoms with van der Waals surface area (Å²) in [6, 6.07) is 6.29. The molecule has 2 spiro atoms. The number of rotatable bonds is 5. The van der Waals surface area contributed by atoms with Crippen LogP contribution in [0.4, 0.5) is 0 Å². The van der Waals surface area contributed by atoms with E-state index in [9.17, 15) is 20.4 Å². The Morgan fingerprint density at radius 2 is 1.83 bits per heavy atom. The molecule has 7 aliphatic rings. The van der Waals surface area contributed by atoms with E-state index < -0.39 is 0 Å². The molecule has 4 aliphatic heterocycles. The fraction of sp³-hybridized carbons (Fsp3) is 0.744. The van der Waals surface area contributed by atoms with Gasteiger partial charge in [0, 0.05) is 72.2 Å². The maximum atomic E-state index is 15.1. The SMILES string of the molecule is CC12CCSSCC34CC(CSSC(CO)c5ccc(CO)c(c5)CC3CN=C(N)N4)C3CSSCC(CCO)C4C(CO)CC1CC1=C3C(=O)CC142. The van der Waals surface area contributed by atoms with Gasteiger partial charge in [-0.1, -0.05) is 95.5 Å². The van der Waals surface area contributed by atoms with Crippen LogP contribution in [-0.4, -0.2) is 92.8 Å². The molecule has 0 radical (unpaired) electrons. The molecule has 1 aromatic carbocycles. The van der Waals surface area contributed by atoms with Gasteiger partial charge in [0.15, 0.2) is 11.7 Å². The van der Waals surface area contributed by atoms with Crippen LogP contribution in [0, 0.1) is 52.3 Å². The number of hydrogen-bond acceptors (Lipinski definition) is 14. The van der Waals surface area contributed by atoms with E-state index in [1.807, 2.05) is 60.0 Å². The first kappa shape index (κ1) is 39.7. The van der Waals surface area contributed by atoms with Crippen molar-refractivity contribution < 1.29 is 25.2 Å². The zero-order chi connectivity index (χ0) is 37.0. The monoisotopic (exact) mass is 837 g/mol. The summed E-state index contributed by atoms with van der Waals surface area (Å²) in [5.74, 6) is 6.61. The maximum Gasteiger partial charge on any atom is 0.189 e. The Bertz CT molecular complexity index is 1620. The Morgan fingerprint density at radius 3 is 2.62 bits per heavy atom. The number of ketones is 1. The van der Waals surface area contributed by atoms with Gasteiger partial charge in [-0.2, -0.15) is 0 Å². The van der Waals surface area contributed by atoms with Crippen molar-refractivity contribution in [2.24, 2.45) is 63.0 Å². The first-order chi connectivity index (χ1) is 25.7. The van der Waals surface area contributed by atoms with Crippen molar-refractivity contribution in [2.45, 2.75) is 69.3 Å². The molecule has 7 N–H and O–H groups in total. The van der Waals surface area contributed by atoms with Crippen molar-refractivity contribution in [2.75, 3.05) is 55.1 Å². The molecule has 53 heavy (non-hydrogen) atoms. The molecule has 0 amide bonds. The van der Waals surface area contributed by atoms with Crippen LogP contribution in [0.25, 0.3) is 0 Å². The third kappa shape index (κ3) is 6.78. The number of aliphatic hydroxyl groups excluding tert-OH is 4. The third-order valence-electron chi connectivity index (χ3n) is 14.7. The minimum absolute atomic E-state index is 0.0263. The van der Waals surface area contributed by atoms with Gasteiger partial charge in [0.05, 0.1) is 24.0 Å². The number of fused-ring (bicyclic) bond motifs is 4. The first-order valence-electron chi connectivity index (χ1n) is 19.4. The predicted octanol–water partition coefficient (Wildman–Crippen LogP) is 6.13. The highest BCUT2D eigenvalue weighted by Crippen LogP contribution is 2.77. The number of allylic oxidation sites excluding steroid dienone is 2. The summed E-state index contributed by atoms with van der Waals surface area (Å²) < 4.78 is 0. The molecule has 3 aliphatic carbocycles. The zero-order valence-electron chi connectivity index (χ0n) is 30.5. The van der Waals surface area contributed by atoms with E-state index in [4.69, 9.17) is 10.7 Å². The Balaban J connectivity index is 1.31. The molecule has 8 rings (SSSR count). The van der Waals surface area contributed by atoms with Crippen molar-refractivity contribution in [3.8, 4) is 0 Å². The van der Waals surface area contributed by atoms with E-state index in [0.717, 1.165) is 83.1 Å². The summed E-state index contributed by atoms with van der Waals surface area (Å²) >= 11 is 0. The molecule has 8 nitrogen and oxygen atoms in total. The lowest BCUT2D eigenvalue weighted by Gasteiger charge is -2.58. The number of hydrogen-bond donors (Lipinski definition) is 6. The highest BCUT2D eigenvalue weighted by atomic mass is 33.1. The summed E-state index contributed by atoms with van der Waals surface area (Å²) in [5.41, 5.74) is 11.6. The third-order valence-corrected chi connectivity index (χ3v) is 22.6. The molecule has 10 bridgehead atoms. The second-order valence-corrected chi connectivity index (χ2v) is 24.6. The summed E-state index contributed by atoms with van der Waals surface area (Å²) in [6.07, 6.45) is 5.82. The zero-order valence-corrected chi connectivity index (χ0v) is 35.4. The number of guanidine groups is 1. The fourth-order valence-electron chi connectivity index (χ4n) is 12.1. The largest absolute Gasteiger partial charge is 0.396 e. The summed E-state index contributed by atoms with van der Waals surface area (Å²) in [7, 11) is 11.3. The molecule has 4 heterocycles. The van der Waals surface area contributed by atoms with E-state index in [0.29, 0.717) is 37.0 Å². The van der Waals surface area contributed by atoms with E-state index in [1.54, 1.807) is 10.8 Å². The van der Waals surface area contributed by atoms with Crippen LogP contribution in [0.15, 0.2) is 34.3 Å². The number of aliphatic hydroxyl groups is 4. The summed E-state index contributed by atoms with van der Waals surface area (Å²) in [5, 5.41) is 46.3. The molecule has 292 valence electrons. The normalized spacial score (nSPS) is 41.6. The minimum atomic E-state index is -0.376. The standard InChI is InChI=1S/C39H55N3O5S6/c1-37-5-7-48-52-21-38-12-27(19-51-53-33(17-46)22-2-3-23(15-44)25(8-22)9-29(38)14-41-36(40)42-38)30-20-50-49-18-24(4-6-43)35-26(16-45)10-28(37)11-31-34(30)32(47)13-39(31,35)37/h2-3,8,24,26-30,33,35,43-46H,4-7,9-21H2,1H3,(H3,40,41,42). The second kappa shape index (κ2) is 16.2. The molecular formula is C39H55N3O5S6. The van der Waals surface area contributed by atoms with Crippen molar-refractivity contribution in [3.05, 3.63) is 46.0 Å². The predicted molar refractivity (Wildman–Crippen MR) is 227 cm³/mol. The van der Waals surface area contributed by atoms with Gasteiger partial charge in [0.1, 0.15) is 0 Å². The van der Waals surface area contributed by atoms with Crippen LogP contribution < -0.4 is 11.1 Å². The van der Waals surface area contributed by atoms with Crippen LogP contribution in [0.1, 0.15) is 67.4 Å². The highest BCUT2D eigenvalue weighted by molar-refractivity contribution is 8.77. The van der Waals surface area contributed by atoms with Gasteiger partial charge in [0.25, 0.3) is 0 Å². The Kier molecular flexibility index (Phi) is 12.1. The molecule has 11 unspecified atom stereocenters. The van der Waals surface area contributed by atoms with Gasteiger partial charge >= 0.3 is 0 Å². The van der Waals surface area contributed by atoms with Crippen LogP contribution in [-0.2, 0) is 17.8 Å². The van der Waals surface area contributed by atoms with E-state index in [-0.39, 0.29) is 83.6 Å². The summed E-state index contributed by atoms with van der Waals surface area (Å²) in [4.78, 5) is 19.9. The Labute approximate surface area is 338 Å². The maximum absolute atomic E-state index is 15.1.